The van der Waals surface area contributed by atoms with E-state index in [1.54, 1.807) is 30.3 Å². The van der Waals surface area contributed by atoms with Gasteiger partial charge in [0.15, 0.2) is 11.8 Å². The standard InChI is InChI=1S/C26H32N3O10P/c1-4-26(33)23(31)21(38-25(26)29-13-10-22(30)27-18(29)3)16-36-40(34,39-20-8-6-5-7-9-20)28-17(2)24(32)37-19-11-14-35-15-12-19/h1,5-10,13,17,19,21,23,25,31,33H,3,11-12,14-16H2,2H3,(H,27,30)(H,28,34)/t17-,21+,23+,25+,26+,40?/m0/s1. The molecule has 13 nitrogen and oxygen atoms in total. The summed E-state index contributed by atoms with van der Waals surface area (Å²) in [5.74, 6) is 1.26. The lowest BCUT2D eigenvalue weighted by Crippen LogP contribution is -2.54. The lowest BCUT2D eigenvalue weighted by atomic mass is 9.94. The molecular formula is C26H32N3O10P. The van der Waals surface area contributed by atoms with Crippen LogP contribution in [-0.4, -0.2) is 83.0 Å². The number of amides is 1. The summed E-state index contributed by atoms with van der Waals surface area (Å²) in [6.07, 6.45) is 4.39. The molecule has 6 atom stereocenters. The molecule has 3 aliphatic rings. The third-order valence-electron chi connectivity index (χ3n) is 6.47. The van der Waals surface area contributed by atoms with E-state index in [9.17, 15) is 24.4 Å². The summed E-state index contributed by atoms with van der Waals surface area (Å²) < 4.78 is 41.7. The van der Waals surface area contributed by atoms with E-state index in [4.69, 9.17) is 29.7 Å². The quantitative estimate of drug-likeness (QED) is 0.176. The van der Waals surface area contributed by atoms with Gasteiger partial charge >= 0.3 is 13.7 Å². The van der Waals surface area contributed by atoms with E-state index in [-0.39, 0.29) is 17.7 Å². The predicted molar refractivity (Wildman–Crippen MR) is 140 cm³/mol. The van der Waals surface area contributed by atoms with Gasteiger partial charge in [-0.25, -0.2) is 4.57 Å². The molecule has 0 aromatic heterocycles. The van der Waals surface area contributed by atoms with Crippen LogP contribution in [0.15, 0.2) is 55.0 Å². The van der Waals surface area contributed by atoms with Gasteiger partial charge in [-0.05, 0) is 19.1 Å². The number of aliphatic hydroxyl groups is 2. The first kappa shape index (κ1) is 29.8. The number of carbonyl (C=O) groups is 2. The van der Waals surface area contributed by atoms with Crippen LogP contribution in [0.25, 0.3) is 0 Å². The van der Waals surface area contributed by atoms with Gasteiger partial charge in [0.25, 0.3) is 5.91 Å². The molecule has 1 unspecified atom stereocenters. The van der Waals surface area contributed by atoms with Crippen LogP contribution < -0.4 is 14.9 Å². The van der Waals surface area contributed by atoms with Crippen LogP contribution in [0.3, 0.4) is 0 Å². The van der Waals surface area contributed by atoms with Crippen LogP contribution in [0.2, 0.25) is 0 Å². The zero-order valence-electron chi connectivity index (χ0n) is 21.8. The normalized spacial score (nSPS) is 29.2. The van der Waals surface area contributed by atoms with Crippen molar-refractivity contribution in [3.05, 3.63) is 55.0 Å². The minimum Gasteiger partial charge on any atom is -0.461 e. The van der Waals surface area contributed by atoms with Crippen molar-refractivity contribution in [1.82, 2.24) is 15.3 Å². The van der Waals surface area contributed by atoms with Gasteiger partial charge in [-0.15, -0.1) is 6.42 Å². The first-order chi connectivity index (χ1) is 19.0. The smallest absolute Gasteiger partial charge is 0.459 e. The van der Waals surface area contributed by atoms with E-state index in [2.05, 4.69) is 22.9 Å². The van der Waals surface area contributed by atoms with Crippen molar-refractivity contribution in [3.8, 4) is 18.1 Å². The fraction of sp³-hybridized carbons (Fsp3) is 0.462. The number of para-hydroxylation sites is 1. The molecule has 0 saturated carbocycles. The number of terminal acetylenes is 1. The molecular weight excluding hydrogens is 545 g/mol. The highest BCUT2D eigenvalue weighted by molar-refractivity contribution is 7.52. The summed E-state index contributed by atoms with van der Waals surface area (Å²) in [6, 6.07) is 7.02. The molecule has 4 rings (SSSR count). The third-order valence-corrected chi connectivity index (χ3v) is 8.11. The largest absolute Gasteiger partial charge is 0.461 e. The number of nitrogens with zero attached hydrogens (tertiary/aromatic N) is 1. The van der Waals surface area contributed by atoms with Gasteiger partial charge in [-0.1, -0.05) is 30.7 Å². The number of esters is 1. The Morgan fingerprint density at radius 3 is 2.73 bits per heavy atom. The van der Waals surface area contributed by atoms with Gasteiger partial charge in [0.05, 0.1) is 19.8 Å². The van der Waals surface area contributed by atoms with Crippen LogP contribution in [0, 0.1) is 12.3 Å². The molecule has 1 amide bonds. The molecule has 4 N–H and O–H groups in total. The van der Waals surface area contributed by atoms with Crippen LogP contribution in [-0.2, 0) is 32.9 Å². The molecule has 0 radical (unpaired) electrons. The number of carbonyl (C=O) groups excluding carboxylic acids is 2. The van der Waals surface area contributed by atoms with Gasteiger partial charge in [0.1, 0.15) is 35.9 Å². The maximum Gasteiger partial charge on any atom is 0.459 e. The summed E-state index contributed by atoms with van der Waals surface area (Å²) >= 11 is 0. The first-order valence-corrected chi connectivity index (χ1v) is 14.1. The minimum atomic E-state index is -4.31. The lowest BCUT2D eigenvalue weighted by molar-refractivity contribution is -0.154. The summed E-state index contributed by atoms with van der Waals surface area (Å²) in [4.78, 5) is 25.6. The predicted octanol–water partition coefficient (Wildman–Crippen LogP) is 0.757. The number of ether oxygens (including phenoxy) is 3. The molecule has 0 bridgehead atoms. The summed E-state index contributed by atoms with van der Waals surface area (Å²) in [5.41, 5.74) is -2.26. The zero-order chi connectivity index (χ0) is 28.9. The molecule has 1 aromatic carbocycles. The Bertz CT molecular complexity index is 1210. The Morgan fingerprint density at radius 2 is 2.08 bits per heavy atom. The van der Waals surface area contributed by atoms with E-state index in [1.165, 1.54) is 18.0 Å². The number of rotatable bonds is 10. The highest BCUT2D eigenvalue weighted by Crippen LogP contribution is 2.46. The molecule has 2 fully saturated rings. The number of aliphatic hydroxyl groups excluding tert-OH is 1. The van der Waals surface area contributed by atoms with E-state index >= 15 is 0 Å². The van der Waals surface area contributed by atoms with Crippen molar-refractivity contribution in [2.24, 2.45) is 0 Å². The average Bonchev–Trinajstić information content (AvgIpc) is 3.18. The van der Waals surface area contributed by atoms with Crippen LogP contribution in [0.5, 0.6) is 5.75 Å². The first-order valence-electron chi connectivity index (χ1n) is 12.6. The van der Waals surface area contributed by atoms with E-state index in [1.807, 2.05) is 0 Å². The Kier molecular flexibility index (Phi) is 9.33. The van der Waals surface area contributed by atoms with Crippen molar-refractivity contribution in [1.29, 1.82) is 0 Å². The average molecular weight is 578 g/mol. The molecule has 40 heavy (non-hydrogen) atoms. The van der Waals surface area contributed by atoms with E-state index < -0.39 is 56.3 Å². The second-order valence-corrected chi connectivity index (χ2v) is 11.1. The highest BCUT2D eigenvalue weighted by atomic mass is 31.2. The summed E-state index contributed by atoms with van der Waals surface area (Å²) in [7, 11) is -4.31. The van der Waals surface area contributed by atoms with Crippen molar-refractivity contribution >= 4 is 19.6 Å². The summed E-state index contributed by atoms with van der Waals surface area (Å²) in [6.45, 7) is 5.53. The Morgan fingerprint density at radius 1 is 1.38 bits per heavy atom. The Hall–Kier alpha value is -3.21. The van der Waals surface area contributed by atoms with Crippen LogP contribution in [0.4, 0.5) is 0 Å². The minimum absolute atomic E-state index is 0.0524. The monoisotopic (exact) mass is 577 g/mol. The fourth-order valence-electron chi connectivity index (χ4n) is 4.28. The van der Waals surface area contributed by atoms with Gasteiger partial charge < -0.3 is 39.2 Å². The SMILES string of the molecule is C#C[C@@]1(O)[C@H](O)[C@@H](COP(=O)(N[C@@H](C)C(=O)OC2CCOCC2)Oc2ccccc2)O[C@H]1N1C=CC(=O)NC1=C. The van der Waals surface area contributed by atoms with E-state index in [0.29, 0.717) is 26.1 Å². The van der Waals surface area contributed by atoms with Crippen LogP contribution >= 0.6 is 7.75 Å². The van der Waals surface area contributed by atoms with Crippen LogP contribution in [0.1, 0.15) is 19.8 Å². The molecule has 216 valence electrons. The number of benzene rings is 1. The van der Waals surface area contributed by atoms with Crippen molar-refractivity contribution in [2.45, 2.75) is 55.9 Å². The Labute approximate surface area is 231 Å². The molecule has 0 aliphatic carbocycles. The van der Waals surface area contributed by atoms with Gasteiger partial charge in [-0.2, -0.15) is 5.09 Å². The maximum atomic E-state index is 13.8. The summed E-state index contributed by atoms with van der Waals surface area (Å²) in [5, 5.41) is 27.0. The van der Waals surface area contributed by atoms with Gasteiger partial charge in [-0.3, -0.25) is 14.1 Å². The topological polar surface area (TPSA) is 165 Å². The Balaban J connectivity index is 1.48. The lowest BCUT2D eigenvalue weighted by Gasteiger charge is -2.36. The molecule has 14 heteroatoms. The zero-order valence-corrected chi connectivity index (χ0v) is 22.7. The number of hydrogen-bond donors (Lipinski definition) is 4. The highest BCUT2D eigenvalue weighted by Gasteiger charge is 2.57. The van der Waals surface area contributed by atoms with Crippen molar-refractivity contribution in [3.63, 3.8) is 0 Å². The second kappa shape index (κ2) is 12.5. The van der Waals surface area contributed by atoms with E-state index in [0.717, 1.165) is 6.08 Å². The third kappa shape index (κ3) is 6.74. The molecule has 0 spiro atoms. The van der Waals surface area contributed by atoms with Gasteiger partial charge in [0, 0.05) is 25.1 Å². The fourth-order valence-corrected chi connectivity index (χ4v) is 5.78. The van der Waals surface area contributed by atoms with Gasteiger partial charge in [0.2, 0.25) is 0 Å². The number of hydrogen-bond acceptors (Lipinski definition) is 11. The van der Waals surface area contributed by atoms with Crippen molar-refractivity contribution < 1.29 is 47.6 Å². The second-order valence-electron chi connectivity index (χ2n) is 9.40. The molecule has 1 aromatic rings. The molecule has 3 aliphatic heterocycles. The molecule has 2 saturated heterocycles. The maximum absolute atomic E-state index is 13.8. The molecule has 3 heterocycles. The number of nitrogens with one attached hydrogen (secondary N) is 2. The van der Waals surface area contributed by atoms with Crippen molar-refractivity contribution in [2.75, 3.05) is 19.8 Å².